The van der Waals surface area contributed by atoms with E-state index in [1.807, 2.05) is 0 Å². The van der Waals surface area contributed by atoms with Gasteiger partial charge in [0.2, 0.25) is 0 Å². The van der Waals surface area contributed by atoms with Crippen molar-refractivity contribution >= 4 is 17.9 Å². The molecule has 0 radical (unpaired) electrons. The third-order valence-corrected chi connectivity index (χ3v) is 10.8. The number of carbonyl (C=O) groups excluding carboxylic acids is 3. The van der Waals surface area contributed by atoms with Crippen LogP contribution in [0.4, 0.5) is 0 Å². The zero-order valence-electron chi connectivity index (χ0n) is 36.7. The lowest BCUT2D eigenvalue weighted by atomic mass is 10.0. The molecule has 0 saturated heterocycles. The maximum Gasteiger partial charge on any atom is 0.306 e. The smallest absolute Gasteiger partial charge is 0.306 e. The number of ether oxygens (including phenoxy) is 3. The monoisotopic (exact) mass is 765 g/mol. The number of rotatable bonds is 43. The van der Waals surface area contributed by atoms with Crippen molar-refractivity contribution in [1.82, 2.24) is 0 Å². The van der Waals surface area contributed by atoms with Gasteiger partial charge in [-0.25, -0.2) is 0 Å². The highest BCUT2D eigenvalue weighted by atomic mass is 16.6. The largest absolute Gasteiger partial charge is 0.462 e. The van der Waals surface area contributed by atoms with Crippen molar-refractivity contribution in [2.45, 2.75) is 271 Å². The SMILES string of the molecule is CCCCCCCCCCCCCCCCC(=O)OC[C@H](COC(=O)CCCCCCCCCCC(C)C)OC(=O)CCCCCCCCCCCCC. The van der Waals surface area contributed by atoms with E-state index < -0.39 is 6.10 Å². The van der Waals surface area contributed by atoms with Crippen LogP contribution in [-0.2, 0) is 28.6 Å². The first-order chi connectivity index (χ1) is 26.4. The molecule has 0 bridgehead atoms. The minimum absolute atomic E-state index is 0.0636. The highest BCUT2D eigenvalue weighted by Crippen LogP contribution is 2.16. The first kappa shape index (κ1) is 52.4. The molecule has 0 aliphatic heterocycles. The summed E-state index contributed by atoms with van der Waals surface area (Å²) in [5.74, 6) is -0.0559. The van der Waals surface area contributed by atoms with Gasteiger partial charge >= 0.3 is 17.9 Å². The summed E-state index contributed by atoms with van der Waals surface area (Å²) in [6, 6.07) is 0. The average Bonchev–Trinajstić information content (AvgIpc) is 3.15. The van der Waals surface area contributed by atoms with E-state index in [2.05, 4.69) is 27.7 Å². The minimum atomic E-state index is -0.759. The molecule has 6 nitrogen and oxygen atoms in total. The van der Waals surface area contributed by atoms with E-state index in [1.165, 1.54) is 161 Å². The molecule has 0 rings (SSSR count). The number of hydrogen-bond donors (Lipinski definition) is 0. The van der Waals surface area contributed by atoms with Crippen molar-refractivity contribution < 1.29 is 28.6 Å². The molecule has 0 unspecified atom stereocenters. The van der Waals surface area contributed by atoms with E-state index in [0.29, 0.717) is 19.3 Å². The molecule has 0 spiro atoms. The summed E-state index contributed by atoms with van der Waals surface area (Å²) < 4.78 is 16.7. The van der Waals surface area contributed by atoms with Crippen LogP contribution in [0.25, 0.3) is 0 Å². The normalized spacial score (nSPS) is 11.9. The second-order valence-corrected chi connectivity index (χ2v) is 16.9. The molecule has 54 heavy (non-hydrogen) atoms. The number of carbonyl (C=O) groups is 3. The summed E-state index contributed by atoms with van der Waals surface area (Å²) in [6.07, 6.45) is 42.3. The van der Waals surface area contributed by atoms with Gasteiger partial charge in [0.1, 0.15) is 13.2 Å². The summed E-state index contributed by atoms with van der Waals surface area (Å²) >= 11 is 0. The molecule has 0 amide bonds. The zero-order valence-corrected chi connectivity index (χ0v) is 36.7. The van der Waals surface area contributed by atoms with Crippen LogP contribution in [-0.4, -0.2) is 37.2 Å². The molecule has 0 aliphatic carbocycles. The predicted octanol–water partition coefficient (Wildman–Crippen LogP) is 15.1. The molecule has 0 aliphatic rings. The van der Waals surface area contributed by atoms with Crippen molar-refractivity contribution in [2.75, 3.05) is 13.2 Å². The van der Waals surface area contributed by atoms with Crippen LogP contribution in [0.5, 0.6) is 0 Å². The van der Waals surface area contributed by atoms with E-state index >= 15 is 0 Å². The lowest BCUT2D eigenvalue weighted by Gasteiger charge is -2.18. The van der Waals surface area contributed by atoms with E-state index in [0.717, 1.165) is 63.7 Å². The molecule has 0 N–H and O–H groups in total. The molecule has 6 heteroatoms. The van der Waals surface area contributed by atoms with Crippen LogP contribution in [0.1, 0.15) is 265 Å². The van der Waals surface area contributed by atoms with Crippen molar-refractivity contribution in [3.8, 4) is 0 Å². The van der Waals surface area contributed by atoms with Crippen LogP contribution >= 0.6 is 0 Å². The Bertz CT molecular complexity index is 811. The zero-order chi connectivity index (χ0) is 39.6. The van der Waals surface area contributed by atoms with Gasteiger partial charge in [-0.1, -0.05) is 227 Å². The molecule has 320 valence electrons. The van der Waals surface area contributed by atoms with Crippen LogP contribution in [0, 0.1) is 5.92 Å². The number of unbranched alkanes of at least 4 members (excludes halogenated alkanes) is 30. The van der Waals surface area contributed by atoms with Gasteiger partial charge in [0.25, 0.3) is 0 Å². The Morgan fingerprint density at radius 2 is 0.611 bits per heavy atom. The van der Waals surface area contributed by atoms with Crippen LogP contribution in [0.3, 0.4) is 0 Å². The van der Waals surface area contributed by atoms with Crippen LogP contribution in [0.2, 0.25) is 0 Å². The van der Waals surface area contributed by atoms with Crippen LogP contribution in [0.15, 0.2) is 0 Å². The van der Waals surface area contributed by atoms with Crippen molar-refractivity contribution in [1.29, 1.82) is 0 Å². The molecule has 0 heterocycles. The van der Waals surface area contributed by atoms with E-state index in [1.54, 1.807) is 0 Å². The van der Waals surface area contributed by atoms with Gasteiger partial charge < -0.3 is 14.2 Å². The number of hydrogen-bond acceptors (Lipinski definition) is 6. The highest BCUT2D eigenvalue weighted by molar-refractivity contribution is 5.71. The summed E-state index contributed by atoms with van der Waals surface area (Å²) in [7, 11) is 0. The summed E-state index contributed by atoms with van der Waals surface area (Å²) in [6.45, 7) is 8.97. The molecule has 0 aromatic heterocycles. The van der Waals surface area contributed by atoms with Gasteiger partial charge in [0, 0.05) is 19.3 Å². The lowest BCUT2D eigenvalue weighted by Crippen LogP contribution is -2.30. The lowest BCUT2D eigenvalue weighted by molar-refractivity contribution is -0.167. The first-order valence-corrected chi connectivity index (χ1v) is 23.9. The summed E-state index contributed by atoms with van der Waals surface area (Å²) in [5.41, 5.74) is 0. The maximum absolute atomic E-state index is 12.7. The Morgan fingerprint density at radius 3 is 0.907 bits per heavy atom. The summed E-state index contributed by atoms with van der Waals surface area (Å²) in [4.78, 5) is 37.7. The van der Waals surface area contributed by atoms with E-state index in [9.17, 15) is 14.4 Å². The molecule has 0 aromatic carbocycles. The van der Waals surface area contributed by atoms with Gasteiger partial charge in [-0.05, 0) is 25.2 Å². The fourth-order valence-corrected chi connectivity index (χ4v) is 7.16. The average molecular weight is 765 g/mol. The fraction of sp³-hybridized carbons (Fsp3) is 0.938. The molecular weight excluding hydrogens is 673 g/mol. The maximum atomic E-state index is 12.7. The molecule has 0 saturated carbocycles. The van der Waals surface area contributed by atoms with Gasteiger partial charge in [-0.2, -0.15) is 0 Å². The standard InChI is InChI=1S/C48H92O6/c1-5-7-9-11-13-15-17-18-19-21-22-27-31-35-39-46(49)52-42-45(54-48(51)41-37-33-29-23-20-16-14-12-10-8-6-2)43-53-47(50)40-36-32-28-25-24-26-30-34-38-44(3)4/h44-45H,5-43H2,1-4H3/t45-/m1/s1. The molecular formula is C48H92O6. The van der Waals surface area contributed by atoms with Crippen molar-refractivity contribution in [3.63, 3.8) is 0 Å². The Morgan fingerprint density at radius 1 is 0.352 bits per heavy atom. The second kappa shape index (κ2) is 42.6. The Labute approximate surface area is 336 Å². The first-order valence-electron chi connectivity index (χ1n) is 23.9. The number of esters is 3. The van der Waals surface area contributed by atoms with E-state index in [4.69, 9.17) is 14.2 Å². The molecule has 0 fully saturated rings. The van der Waals surface area contributed by atoms with Gasteiger partial charge in [0.05, 0.1) is 0 Å². The van der Waals surface area contributed by atoms with Crippen molar-refractivity contribution in [3.05, 3.63) is 0 Å². The topological polar surface area (TPSA) is 78.9 Å². The van der Waals surface area contributed by atoms with Crippen LogP contribution < -0.4 is 0 Å². The third kappa shape index (κ3) is 41.6. The summed E-state index contributed by atoms with van der Waals surface area (Å²) in [5, 5.41) is 0. The fourth-order valence-electron chi connectivity index (χ4n) is 7.16. The molecule has 0 aromatic rings. The predicted molar refractivity (Wildman–Crippen MR) is 229 cm³/mol. The Kier molecular flexibility index (Phi) is 41.3. The quantitative estimate of drug-likeness (QED) is 0.0349. The Hall–Kier alpha value is -1.59. The second-order valence-electron chi connectivity index (χ2n) is 16.9. The van der Waals surface area contributed by atoms with Crippen molar-refractivity contribution in [2.24, 2.45) is 5.92 Å². The third-order valence-electron chi connectivity index (χ3n) is 10.8. The molecule has 1 atom stereocenters. The minimum Gasteiger partial charge on any atom is -0.462 e. The Balaban J connectivity index is 4.31. The van der Waals surface area contributed by atoms with Gasteiger partial charge in [-0.15, -0.1) is 0 Å². The van der Waals surface area contributed by atoms with Gasteiger partial charge in [0.15, 0.2) is 6.10 Å². The van der Waals surface area contributed by atoms with E-state index in [-0.39, 0.29) is 31.1 Å². The highest BCUT2D eigenvalue weighted by Gasteiger charge is 2.19. The van der Waals surface area contributed by atoms with Gasteiger partial charge in [-0.3, -0.25) is 14.4 Å².